The molecule has 1 heterocycles. The molecule has 0 aliphatic carbocycles. The first-order valence-corrected chi connectivity index (χ1v) is 8.82. The number of hydrogen-bond acceptors (Lipinski definition) is 4. The molecule has 134 valence electrons. The molecule has 6 heteroatoms. The molecule has 0 radical (unpaired) electrons. The maximum Gasteiger partial charge on any atom is 0.220 e. The van der Waals surface area contributed by atoms with Crippen LogP contribution in [0.3, 0.4) is 0 Å². The second-order valence-corrected chi connectivity index (χ2v) is 6.74. The summed E-state index contributed by atoms with van der Waals surface area (Å²) in [5, 5.41) is 5.73. The van der Waals surface area contributed by atoms with Gasteiger partial charge in [-0.2, -0.15) is 0 Å². The van der Waals surface area contributed by atoms with Gasteiger partial charge in [-0.05, 0) is 18.8 Å². The van der Waals surface area contributed by atoms with Crippen molar-refractivity contribution in [2.75, 3.05) is 39.3 Å². The minimum absolute atomic E-state index is 0.00161. The zero-order valence-corrected chi connectivity index (χ0v) is 14.9. The van der Waals surface area contributed by atoms with Crippen LogP contribution in [0.2, 0.25) is 0 Å². The predicted molar refractivity (Wildman–Crippen MR) is 91.2 cm³/mol. The van der Waals surface area contributed by atoms with Crippen molar-refractivity contribution in [3.05, 3.63) is 0 Å². The second kappa shape index (κ2) is 11.4. The van der Waals surface area contributed by atoms with E-state index in [-0.39, 0.29) is 17.9 Å². The molecule has 1 rings (SSSR count). The van der Waals surface area contributed by atoms with E-state index in [9.17, 15) is 9.59 Å². The van der Waals surface area contributed by atoms with Crippen molar-refractivity contribution in [1.29, 1.82) is 0 Å². The molecule has 0 bridgehead atoms. The van der Waals surface area contributed by atoms with Gasteiger partial charge in [-0.25, -0.2) is 0 Å². The second-order valence-electron chi connectivity index (χ2n) is 6.74. The van der Waals surface area contributed by atoms with E-state index >= 15 is 0 Å². The number of amides is 2. The quantitative estimate of drug-likeness (QED) is 0.591. The number of nitrogens with one attached hydrogen (secondary N) is 2. The van der Waals surface area contributed by atoms with Crippen molar-refractivity contribution in [3.8, 4) is 0 Å². The van der Waals surface area contributed by atoms with Crippen LogP contribution in [0.1, 0.15) is 46.5 Å². The zero-order valence-electron chi connectivity index (χ0n) is 14.9. The van der Waals surface area contributed by atoms with E-state index in [1.807, 2.05) is 0 Å². The molecule has 1 aliphatic rings. The largest absolute Gasteiger partial charge is 0.374 e. The van der Waals surface area contributed by atoms with Gasteiger partial charge in [0.25, 0.3) is 0 Å². The molecule has 6 nitrogen and oxygen atoms in total. The maximum absolute atomic E-state index is 11.8. The minimum atomic E-state index is 0.00161. The number of carbonyl (C=O) groups excluding carboxylic acids is 2. The molecule has 0 aromatic carbocycles. The fraction of sp³-hybridized carbons (Fsp3) is 0.882. The number of morpholine rings is 1. The smallest absolute Gasteiger partial charge is 0.220 e. The summed E-state index contributed by atoms with van der Waals surface area (Å²) in [6, 6.07) is 0. The van der Waals surface area contributed by atoms with Crippen LogP contribution < -0.4 is 10.6 Å². The van der Waals surface area contributed by atoms with Gasteiger partial charge in [-0.15, -0.1) is 0 Å². The first-order chi connectivity index (χ1) is 11.0. The Morgan fingerprint density at radius 2 is 2.00 bits per heavy atom. The Kier molecular flexibility index (Phi) is 9.87. The SMILES string of the molecule is CC(=O)NCCCCCC(=O)NCC1CN(CC(C)C)CCO1. The molecule has 23 heavy (non-hydrogen) atoms. The number of carbonyl (C=O) groups is 2. The molecule has 1 aliphatic heterocycles. The normalized spacial score (nSPS) is 18.9. The maximum atomic E-state index is 11.8. The monoisotopic (exact) mass is 327 g/mol. The highest BCUT2D eigenvalue weighted by Gasteiger charge is 2.21. The van der Waals surface area contributed by atoms with Gasteiger partial charge < -0.3 is 15.4 Å². The molecule has 2 amide bonds. The van der Waals surface area contributed by atoms with E-state index < -0.39 is 0 Å². The van der Waals surface area contributed by atoms with Crippen LogP contribution in [0, 0.1) is 5.92 Å². The molecular weight excluding hydrogens is 294 g/mol. The summed E-state index contributed by atoms with van der Waals surface area (Å²) in [7, 11) is 0. The lowest BCUT2D eigenvalue weighted by Crippen LogP contribution is -2.48. The summed E-state index contributed by atoms with van der Waals surface area (Å²) in [6.07, 6.45) is 3.38. The van der Waals surface area contributed by atoms with E-state index in [4.69, 9.17) is 4.74 Å². The molecule has 1 unspecified atom stereocenters. The summed E-state index contributed by atoms with van der Waals surface area (Å²) in [4.78, 5) is 25.0. The Labute approximate surface area is 140 Å². The molecule has 1 fully saturated rings. The third-order valence-electron chi connectivity index (χ3n) is 3.83. The lowest BCUT2D eigenvalue weighted by atomic mass is 10.1. The highest BCUT2D eigenvalue weighted by atomic mass is 16.5. The van der Waals surface area contributed by atoms with Crippen molar-refractivity contribution in [2.24, 2.45) is 5.92 Å². The van der Waals surface area contributed by atoms with Crippen molar-refractivity contribution in [1.82, 2.24) is 15.5 Å². The predicted octanol–water partition coefficient (Wildman–Crippen LogP) is 1.16. The van der Waals surface area contributed by atoms with Crippen molar-refractivity contribution >= 4 is 11.8 Å². The van der Waals surface area contributed by atoms with Crippen molar-refractivity contribution in [2.45, 2.75) is 52.6 Å². The van der Waals surface area contributed by atoms with Crippen LogP contribution >= 0.6 is 0 Å². The Morgan fingerprint density at radius 1 is 1.22 bits per heavy atom. The molecule has 1 saturated heterocycles. The standard InChI is InChI=1S/C17H33N3O3/c1-14(2)12-20-9-10-23-16(13-20)11-19-17(22)7-5-4-6-8-18-15(3)21/h14,16H,4-13H2,1-3H3,(H,18,21)(H,19,22). The summed E-state index contributed by atoms with van der Waals surface area (Å²) < 4.78 is 5.72. The Bertz CT molecular complexity index is 361. The highest BCUT2D eigenvalue weighted by Crippen LogP contribution is 2.07. The van der Waals surface area contributed by atoms with Gasteiger partial charge in [0.05, 0.1) is 12.7 Å². The first-order valence-electron chi connectivity index (χ1n) is 8.82. The number of hydrogen-bond donors (Lipinski definition) is 2. The summed E-state index contributed by atoms with van der Waals surface area (Å²) in [5.74, 6) is 0.747. The Balaban J connectivity index is 2.05. The number of rotatable bonds is 10. The van der Waals surface area contributed by atoms with E-state index in [0.29, 0.717) is 25.4 Å². The van der Waals surface area contributed by atoms with Gasteiger partial charge in [0.1, 0.15) is 0 Å². The molecule has 0 saturated carbocycles. The van der Waals surface area contributed by atoms with Crippen LogP contribution in [0.15, 0.2) is 0 Å². The number of unbranched alkanes of at least 4 members (excludes halogenated alkanes) is 2. The van der Waals surface area contributed by atoms with Crippen LogP contribution in [-0.4, -0.2) is 62.1 Å². The third kappa shape index (κ3) is 10.3. The topological polar surface area (TPSA) is 70.7 Å². The summed E-state index contributed by atoms with van der Waals surface area (Å²) in [6.45, 7) is 11.0. The van der Waals surface area contributed by atoms with Crippen LogP contribution in [0.25, 0.3) is 0 Å². The lowest BCUT2D eigenvalue weighted by Gasteiger charge is -2.33. The van der Waals surface area contributed by atoms with Crippen LogP contribution in [-0.2, 0) is 14.3 Å². The molecule has 0 aromatic rings. The average Bonchev–Trinajstić information content (AvgIpc) is 2.48. The van der Waals surface area contributed by atoms with Crippen LogP contribution in [0.5, 0.6) is 0 Å². The van der Waals surface area contributed by atoms with Crippen LogP contribution in [0.4, 0.5) is 0 Å². The van der Waals surface area contributed by atoms with Gasteiger partial charge in [0, 0.05) is 46.1 Å². The van der Waals surface area contributed by atoms with Crippen molar-refractivity contribution in [3.63, 3.8) is 0 Å². The van der Waals surface area contributed by atoms with Gasteiger partial charge in [-0.1, -0.05) is 20.3 Å². The van der Waals surface area contributed by atoms with Crippen molar-refractivity contribution < 1.29 is 14.3 Å². The number of nitrogens with zero attached hydrogens (tertiary/aromatic N) is 1. The lowest BCUT2D eigenvalue weighted by molar-refractivity contribution is -0.122. The van der Waals surface area contributed by atoms with Gasteiger partial charge in [0.2, 0.25) is 11.8 Å². The molecule has 1 atom stereocenters. The Hall–Kier alpha value is -1.14. The summed E-state index contributed by atoms with van der Waals surface area (Å²) >= 11 is 0. The molecule has 0 aromatic heterocycles. The minimum Gasteiger partial charge on any atom is -0.374 e. The first kappa shape index (κ1) is 19.9. The molecule has 0 spiro atoms. The van der Waals surface area contributed by atoms with E-state index in [0.717, 1.165) is 45.5 Å². The number of ether oxygens (including phenoxy) is 1. The van der Waals surface area contributed by atoms with Gasteiger partial charge in [0.15, 0.2) is 0 Å². The fourth-order valence-electron chi connectivity index (χ4n) is 2.75. The fourth-order valence-corrected chi connectivity index (χ4v) is 2.75. The highest BCUT2D eigenvalue weighted by molar-refractivity contribution is 5.75. The zero-order chi connectivity index (χ0) is 17.1. The van der Waals surface area contributed by atoms with Gasteiger partial charge >= 0.3 is 0 Å². The Morgan fingerprint density at radius 3 is 2.70 bits per heavy atom. The third-order valence-corrected chi connectivity index (χ3v) is 3.83. The van der Waals surface area contributed by atoms with E-state index in [1.165, 1.54) is 6.92 Å². The van der Waals surface area contributed by atoms with E-state index in [1.54, 1.807) is 0 Å². The van der Waals surface area contributed by atoms with Gasteiger partial charge in [-0.3, -0.25) is 14.5 Å². The average molecular weight is 327 g/mol. The molecule has 2 N–H and O–H groups in total. The molecular formula is C17H33N3O3. The van der Waals surface area contributed by atoms with E-state index in [2.05, 4.69) is 29.4 Å². The summed E-state index contributed by atoms with van der Waals surface area (Å²) in [5.41, 5.74) is 0.